The fourth-order valence-electron chi connectivity index (χ4n) is 3.97. The quantitative estimate of drug-likeness (QED) is 0.842. The molecule has 3 atom stereocenters. The fraction of sp³-hybridized carbons (Fsp3) is 0.700. The van der Waals surface area contributed by atoms with E-state index >= 15 is 0 Å². The highest BCUT2D eigenvalue weighted by molar-refractivity contribution is 6.62. The van der Waals surface area contributed by atoms with Gasteiger partial charge in [-0.15, -0.1) is 0 Å². The number of aliphatic hydroxyl groups is 1. The Balaban J connectivity index is 1.80. The Morgan fingerprint density at radius 2 is 1.54 bits per heavy atom. The van der Waals surface area contributed by atoms with Crippen LogP contribution in [-0.4, -0.2) is 23.4 Å². The lowest BCUT2D eigenvalue weighted by Gasteiger charge is -2.41. The molecule has 1 saturated carbocycles. The normalized spacial score (nSPS) is 35.2. The second kappa shape index (κ2) is 5.86. The maximum absolute atomic E-state index is 11.2. The minimum atomic E-state index is -0.707. The molecule has 1 heterocycles. The highest BCUT2D eigenvalue weighted by Crippen LogP contribution is 2.43. The van der Waals surface area contributed by atoms with E-state index in [0.29, 0.717) is 5.92 Å². The van der Waals surface area contributed by atoms with E-state index in [-0.39, 0.29) is 24.2 Å². The topological polar surface area (TPSA) is 38.7 Å². The van der Waals surface area contributed by atoms with Crippen molar-refractivity contribution in [3.8, 4) is 0 Å². The van der Waals surface area contributed by atoms with Crippen LogP contribution in [0, 0.1) is 11.8 Å². The number of rotatable bonds is 2. The first-order chi connectivity index (χ1) is 11.1. The van der Waals surface area contributed by atoms with Gasteiger partial charge in [-0.25, -0.2) is 0 Å². The van der Waals surface area contributed by atoms with E-state index in [9.17, 15) is 5.11 Å². The molecule has 4 heteroatoms. The number of benzene rings is 1. The SMILES string of the molecule is CC1CCC(O)(c2ccc(B3OC(C)(C)C(C)(C)O3)cc2)C(C)C1. The average molecular weight is 330 g/mol. The van der Waals surface area contributed by atoms with Crippen LogP contribution in [0.5, 0.6) is 0 Å². The van der Waals surface area contributed by atoms with Crippen LogP contribution in [0.25, 0.3) is 0 Å². The zero-order valence-electron chi connectivity index (χ0n) is 15.9. The molecule has 132 valence electrons. The van der Waals surface area contributed by atoms with Crippen molar-refractivity contribution in [1.82, 2.24) is 0 Å². The molecule has 0 radical (unpaired) electrons. The van der Waals surface area contributed by atoms with Crippen LogP contribution in [0.1, 0.15) is 66.4 Å². The maximum Gasteiger partial charge on any atom is 0.494 e. The summed E-state index contributed by atoms with van der Waals surface area (Å²) >= 11 is 0. The second-order valence-electron chi connectivity index (χ2n) is 8.92. The van der Waals surface area contributed by atoms with Crippen LogP contribution in [0.4, 0.5) is 0 Å². The largest absolute Gasteiger partial charge is 0.494 e. The van der Waals surface area contributed by atoms with Gasteiger partial charge in [0.15, 0.2) is 0 Å². The molecule has 1 N–H and O–H groups in total. The number of hydrogen-bond donors (Lipinski definition) is 1. The van der Waals surface area contributed by atoms with Gasteiger partial charge < -0.3 is 14.4 Å². The Morgan fingerprint density at radius 1 is 1.00 bits per heavy atom. The third-order valence-corrected chi connectivity index (χ3v) is 6.53. The first-order valence-corrected chi connectivity index (χ1v) is 9.23. The van der Waals surface area contributed by atoms with Crippen LogP contribution in [-0.2, 0) is 14.9 Å². The predicted molar refractivity (Wildman–Crippen MR) is 98.2 cm³/mol. The summed E-state index contributed by atoms with van der Waals surface area (Å²) in [5.74, 6) is 0.980. The van der Waals surface area contributed by atoms with Crippen LogP contribution >= 0.6 is 0 Å². The summed E-state index contributed by atoms with van der Waals surface area (Å²) in [6.45, 7) is 12.7. The van der Waals surface area contributed by atoms with E-state index < -0.39 is 5.60 Å². The molecule has 0 aromatic heterocycles. The van der Waals surface area contributed by atoms with Crippen molar-refractivity contribution < 1.29 is 14.4 Å². The van der Waals surface area contributed by atoms with Crippen molar-refractivity contribution in [2.75, 3.05) is 0 Å². The first-order valence-electron chi connectivity index (χ1n) is 9.23. The van der Waals surface area contributed by atoms with Crippen molar-refractivity contribution in [3.63, 3.8) is 0 Å². The van der Waals surface area contributed by atoms with Gasteiger partial charge in [-0.2, -0.15) is 0 Å². The van der Waals surface area contributed by atoms with Crippen molar-refractivity contribution >= 4 is 12.6 Å². The van der Waals surface area contributed by atoms with Crippen LogP contribution < -0.4 is 5.46 Å². The van der Waals surface area contributed by atoms with E-state index in [2.05, 4.69) is 41.5 Å². The molecule has 3 nitrogen and oxygen atoms in total. The lowest BCUT2D eigenvalue weighted by Crippen LogP contribution is -2.41. The summed E-state index contributed by atoms with van der Waals surface area (Å²) in [5, 5.41) is 11.2. The monoisotopic (exact) mass is 330 g/mol. The minimum Gasteiger partial charge on any atom is -0.399 e. The maximum atomic E-state index is 11.2. The van der Waals surface area contributed by atoms with Gasteiger partial charge in [-0.05, 0) is 69.8 Å². The molecule has 0 spiro atoms. The van der Waals surface area contributed by atoms with Crippen LogP contribution in [0.3, 0.4) is 0 Å². The van der Waals surface area contributed by atoms with Crippen molar-refractivity contribution in [3.05, 3.63) is 29.8 Å². The molecule has 0 bridgehead atoms. The summed E-state index contributed by atoms with van der Waals surface area (Å²) in [6.07, 6.45) is 3.00. The predicted octanol–water partition coefficient (Wildman–Crippen LogP) is 3.63. The second-order valence-corrected chi connectivity index (χ2v) is 8.92. The molecule has 1 aromatic carbocycles. The van der Waals surface area contributed by atoms with Gasteiger partial charge in [0.05, 0.1) is 16.8 Å². The van der Waals surface area contributed by atoms with Crippen molar-refractivity contribution in [2.24, 2.45) is 11.8 Å². The summed E-state index contributed by atoms with van der Waals surface area (Å²) in [5.41, 5.74) is 0.659. The Morgan fingerprint density at radius 3 is 2.04 bits per heavy atom. The van der Waals surface area contributed by atoms with Crippen molar-refractivity contribution in [2.45, 2.75) is 77.6 Å². The number of hydrogen-bond acceptors (Lipinski definition) is 3. The molecule has 1 aromatic rings. The minimum absolute atomic E-state index is 0.281. The lowest BCUT2D eigenvalue weighted by atomic mass is 9.68. The summed E-state index contributed by atoms with van der Waals surface area (Å²) in [4.78, 5) is 0. The van der Waals surface area contributed by atoms with Gasteiger partial charge >= 0.3 is 7.12 Å². The molecule has 3 rings (SSSR count). The van der Waals surface area contributed by atoms with Crippen LogP contribution in [0.15, 0.2) is 24.3 Å². The average Bonchev–Trinajstić information content (AvgIpc) is 2.72. The molecule has 3 unspecified atom stereocenters. The molecular weight excluding hydrogens is 299 g/mol. The molecule has 2 fully saturated rings. The van der Waals surface area contributed by atoms with E-state index in [0.717, 1.165) is 30.3 Å². The van der Waals surface area contributed by atoms with Gasteiger partial charge in [0.2, 0.25) is 0 Å². The summed E-state index contributed by atoms with van der Waals surface area (Å²) in [7, 11) is -0.345. The van der Waals surface area contributed by atoms with Gasteiger partial charge in [0.25, 0.3) is 0 Å². The Kier molecular flexibility index (Phi) is 4.39. The third kappa shape index (κ3) is 2.93. The lowest BCUT2D eigenvalue weighted by molar-refractivity contribution is -0.0587. The van der Waals surface area contributed by atoms with Gasteiger partial charge in [-0.1, -0.05) is 38.1 Å². The Bertz CT molecular complexity index is 579. The molecule has 1 saturated heterocycles. The Labute approximate surface area is 146 Å². The zero-order valence-corrected chi connectivity index (χ0v) is 15.9. The summed E-state index contributed by atoms with van der Waals surface area (Å²) < 4.78 is 12.2. The van der Waals surface area contributed by atoms with E-state index in [1.807, 2.05) is 24.3 Å². The van der Waals surface area contributed by atoms with Gasteiger partial charge in [0.1, 0.15) is 0 Å². The van der Waals surface area contributed by atoms with E-state index in [4.69, 9.17) is 9.31 Å². The van der Waals surface area contributed by atoms with E-state index in [1.165, 1.54) is 0 Å². The fourth-order valence-corrected chi connectivity index (χ4v) is 3.97. The first kappa shape index (κ1) is 18.0. The van der Waals surface area contributed by atoms with Crippen molar-refractivity contribution in [1.29, 1.82) is 0 Å². The Hall–Kier alpha value is -0.835. The molecule has 1 aliphatic carbocycles. The molecule has 1 aliphatic heterocycles. The van der Waals surface area contributed by atoms with E-state index in [1.54, 1.807) is 0 Å². The van der Waals surface area contributed by atoms with Gasteiger partial charge in [-0.3, -0.25) is 0 Å². The molecule has 24 heavy (non-hydrogen) atoms. The zero-order chi connectivity index (χ0) is 17.8. The smallest absolute Gasteiger partial charge is 0.399 e. The third-order valence-electron chi connectivity index (χ3n) is 6.53. The van der Waals surface area contributed by atoms with Gasteiger partial charge in [0, 0.05) is 0 Å². The molecular formula is C20H31BO3. The highest BCUT2D eigenvalue weighted by atomic mass is 16.7. The standard InChI is InChI=1S/C20H31BO3/c1-14-11-12-20(22,15(2)13-14)16-7-9-17(10-8-16)21-23-18(3,4)19(5,6)24-21/h7-10,14-15,22H,11-13H2,1-6H3. The summed E-state index contributed by atoms with van der Waals surface area (Å²) in [6, 6.07) is 8.18. The molecule has 2 aliphatic rings. The molecule has 0 amide bonds. The van der Waals surface area contributed by atoms with Crippen LogP contribution in [0.2, 0.25) is 0 Å². The highest BCUT2D eigenvalue weighted by Gasteiger charge is 2.51.